The molecular formula is C24H19F2N3O3S2. The van der Waals surface area contributed by atoms with Crippen molar-refractivity contribution in [3.05, 3.63) is 80.5 Å². The summed E-state index contributed by atoms with van der Waals surface area (Å²) >= 11 is 2.19. The van der Waals surface area contributed by atoms with Gasteiger partial charge in [0.05, 0.1) is 22.0 Å². The van der Waals surface area contributed by atoms with E-state index in [-0.39, 0.29) is 42.0 Å². The van der Waals surface area contributed by atoms with Gasteiger partial charge in [0.25, 0.3) is 11.1 Å². The minimum absolute atomic E-state index is 0.0315. The van der Waals surface area contributed by atoms with E-state index in [1.54, 1.807) is 12.1 Å². The predicted octanol–water partition coefficient (Wildman–Crippen LogP) is 4.79. The number of benzene rings is 2. The van der Waals surface area contributed by atoms with Gasteiger partial charge in [0.1, 0.15) is 11.6 Å². The Hall–Kier alpha value is -3.37. The molecule has 1 aromatic heterocycles. The van der Waals surface area contributed by atoms with Crippen LogP contribution in [-0.2, 0) is 16.0 Å². The van der Waals surface area contributed by atoms with E-state index in [2.05, 4.69) is 10.3 Å². The molecule has 174 valence electrons. The highest BCUT2D eigenvalue weighted by molar-refractivity contribution is 8.18. The number of thiazole rings is 1. The van der Waals surface area contributed by atoms with E-state index < -0.39 is 11.1 Å². The van der Waals surface area contributed by atoms with E-state index in [0.29, 0.717) is 11.3 Å². The van der Waals surface area contributed by atoms with E-state index >= 15 is 0 Å². The zero-order valence-corrected chi connectivity index (χ0v) is 19.6. The summed E-state index contributed by atoms with van der Waals surface area (Å²) in [5.41, 5.74) is 1.96. The molecule has 0 atom stereocenters. The fraction of sp³-hybridized carbons (Fsp3) is 0.167. The molecule has 1 aliphatic heterocycles. The Morgan fingerprint density at radius 3 is 2.38 bits per heavy atom. The van der Waals surface area contributed by atoms with Crippen LogP contribution in [0.2, 0.25) is 0 Å². The molecule has 3 aromatic rings. The van der Waals surface area contributed by atoms with Crippen molar-refractivity contribution in [2.24, 2.45) is 0 Å². The lowest BCUT2D eigenvalue weighted by molar-refractivity contribution is -0.124. The molecule has 3 amide bonds. The lowest BCUT2D eigenvalue weighted by atomic mass is 10.1. The summed E-state index contributed by atoms with van der Waals surface area (Å²) < 4.78 is 26.3. The van der Waals surface area contributed by atoms with Gasteiger partial charge in [0.2, 0.25) is 5.91 Å². The Morgan fingerprint density at radius 2 is 1.71 bits per heavy atom. The van der Waals surface area contributed by atoms with Crippen LogP contribution in [0.1, 0.15) is 15.4 Å². The van der Waals surface area contributed by atoms with Gasteiger partial charge in [-0.1, -0.05) is 12.1 Å². The van der Waals surface area contributed by atoms with Crippen LogP contribution < -0.4 is 5.32 Å². The van der Waals surface area contributed by atoms with Gasteiger partial charge in [-0.15, -0.1) is 11.3 Å². The fourth-order valence-electron chi connectivity index (χ4n) is 3.34. The number of aryl methyl sites for hydroxylation is 1. The molecule has 4 rings (SSSR count). The number of halogens is 2. The number of aromatic nitrogens is 1. The molecule has 34 heavy (non-hydrogen) atoms. The number of carbonyl (C=O) groups is 3. The molecule has 1 N–H and O–H groups in total. The molecule has 0 saturated carbocycles. The predicted molar refractivity (Wildman–Crippen MR) is 128 cm³/mol. The minimum Gasteiger partial charge on any atom is -0.354 e. The highest BCUT2D eigenvalue weighted by atomic mass is 32.2. The number of rotatable bonds is 7. The quantitative estimate of drug-likeness (QED) is 0.473. The number of thioether (sulfide) groups is 1. The number of nitrogens with zero attached hydrogens (tertiary/aromatic N) is 2. The Labute approximate surface area is 202 Å². The van der Waals surface area contributed by atoms with Crippen LogP contribution in [0, 0.1) is 18.6 Å². The van der Waals surface area contributed by atoms with E-state index in [1.165, 1.54) is 53.8 Å². The van der Waals surface area contributed by atoms with Gasteiger partial charge in [-0.2, -0.15) is 0 Å². The molecule has 0 unspecified atom stereocenters. The van der Waals surface area contributed by atoms with E-state index in [4.69, 9.17) is 0 Å². The van der Waals surface area contributed by atoms with E-state index in [0.717, 1.165) is 32.1 Å². The maximum atomic E-state index is 13.2. The third kappa shape index (κ3) is 5.57. The second kappa shape index (κ2) is 10.3. The average Bonchev–Trinajstić information content (AvgIpc) is 3.29. The summed E-state index contributed by atoms with van der Waals surface area (Å²) in [6.07, 6.45) is 1.61. The third-order valence-electron chi connectivity index (χ3n) is 4.94. The van der Waals surface area contributed by atoms with Crippen molar-refractivity contribution in [2.75, 3.05) is 13.1 Å². The largest absolute Gasteiger partial charge is 0.354 e. The number of hydrogen-bond acceptors (Lipinski definition) is 6. The summed E-state index contributed by atoms with van der Waals surface area (Å²) in [6.45, 7) is 1.96. The van der Waals surface area contributed by atoms with Crippen molar-refractivity contribution < 1.29 is 23.2 Å². The zero-order chi connectivity index (χ0) is 24.2. The number of amides is 3. The molecule has 2 heterocycles. The molecule has 1 saturated heterocycles. The van der Waals surface area contributed by atoms with Crippen LogP contribution >= 0.6 is 23.1 Å². The maximum Gasteiger partial charge on any atom is 0.293 e. The van der Waals surface area contributed by atoms with Crippen LogP contribution in [0.5, 0.6) is 0 Å². The molecule has 1 aliphatic rings. The number of carbonyl (C=O) groups excluding carboxylic acids is 3. The first-order valence-corrected chi connectivity index (χ1v) is 11.9. The summed E-state index contributed by atoms with van der Waals surface area (Å²) in [7, 11) is 0. The molecule has 1 fully saturated rings. The summed E-state index contributed by atoms with van der Waals surface area (Å²) in [5.74, 6) is -1.47. The molecular weight excluding hydrogens is 480 g/mol. The van der Waals surface area contributed by atoms with Crippen LogP contribution in [0.3, 0.4) is 0 Å². The van der Waals surface area contributed by atoms with Crippen molar-refractivity contribution in [3.8, 4) is 11.3 Å². The normalized spacial score (nSPS) is 14.8. The number of hydrogen-bond donors (Lipinski definition) is 1. The highest BCUT2D eigenvalue weighted by Gasteiger charge is 2.34. The average molecular weight is 500 g/mol. The van der Waals surface area contributed by atoms with Crippen molar-refractivity contribution in [1.29, 1.82) is 0 Å². The van der Waals surface area contributed by atoms with Gasteiger partial charge >= 0.3 is 0 Å². The van der Waals surface area contributed by atoms with Crippen molar-refractivity contribution >= 4 is 46.2 Å². The Morgan fingerprint density at radius 1 is 1.06 bits per heavy atom. The molecule has 0 bridgehead atoms. The molecule has 0 spiro atoms. The first-order chi connectivity index (χ1) is 16.3. The monoisotopic (exact) mass is 499 g/mol. The summed E-state index contributed by atoms with van der Waals surface area (Å²) in [6, 6.07) is 11.5. The maximum absolute atomic E-state index is 13.2. The third-order valence-corrected chi connectivity index (χ3v) is 6.82. The van der Waals surface area contributed by atoms with Gasteiger partial charge in [-0.25, -0.2) is 13.8 Å². The lowest BCUT2D eigenvalue weighted by Crippen LogP contribution is -2.37. The second-order valence-corrected chi connectivity index (χ2v) is 9.70. The summed E-state index contributed by atoms with van der Waals surface area (Å²) in [4.78, 5) is 43.9. The first-order valence-electron chi connectivity index (χ1n) is 10.3. The highest BCUT2D eigenvalue weighted by Crippen LogP contribution is 2.32. The van der Waals surface area contributed by atoms with E-state index in [1.807, 2.05) is 6.92 Å². The van der Waals surface area contributed by atoms with Gasteiger partial charge < -0.3 is 5.32 Å². The molecule has 6 nitrogen and oxygen atoms in total. The van der Waals surface area contributed by atoms with Gasteiger partial charge in [-0.05, 0) is 66.7 Å². The number of nitrogens with one attached hydrogen (secondary N) is 1. The van der Waals surface area contributed by atoms with Crippen LogP contribution in [0.4, 0.5) is 13.6 Å². The molecule has 2 aromatic carbocycles. The van der Waals surface area contributed by atoms with Crippen LogP contribution in [-0.4, -0.2) is 40.0 Å². The van der Waals surface area contributed by atoms with Crippen molar-refractivity contribution in [2.45, 2.75) is 13.3 Å². The summed E-state index contributed by atoms with van der Waals surface area (Å²) in [5, 5.41) is 3.09. The lowest BCUT2D eigenvalue weighted by Gasteiger charge is -2.13. The Kier molecular flexibility index (Phi) is 7.18. The van der Waals surface area contributed by atoms with Crippen LogP contribution in [0.25, 0.3) is 17.3 Å². The van der Waals surface area contributed by atoms with Crippen molar-refractivity contribution in [1.82, 2.24) is 15.2 Å². The first kappa shape index (κ1) is 23.8. The van der Waals surface area contributed by atoms with Gasteiger partial charge in [-0.3, -0.25) is 19.3 Å². The van der Waals surface area contributed by atoms with Gasteiger partial charge in [0.15, 0.2) is 0 Å². The number of imide groups is 1. The van der Waals surface area contributed by atoms with E-state index in [9.17, 15) is 23.2 Å². The standard InChI is InChI=1S/C24H19F2N3O3S2/c1-14-28-22(16-4-8-18(26)9-5-16)19(33-14)13-21(30)27-10-11-29-23(31)20(34-24(29)32)12-15-2-6-17(25)7-3-15/h2-9,12H,10-11,13H2,1H3,(H,27,30)/b20-12+. The SMILES string of the molecule is Cc1nc(-c2ccc(F)cc2)c(CC(=O)NCCN2C(=O)S/C(=C/c3ccc(F)cc3)C2=O)s1. The molecule has 0 aliphatic carbocycles. The molecule has 10 heteroatoms. The molecule has 0 radical (unpaired) electrons. The Bertz CT molecular complexity index is 1270. The zero-order valence-electron chi connectivity index (χ0n) is 18.0. The van der Waals surface area contributed by atoms with Crippen LogP contribution in [0.15, 0.2) is 53.4 Å². The van der Waals surface area contributed by atoms with Gasteiger partial charge in [0, 0.05) is 23.5 Å². The fourth-order valence-corrected chi connectivity index (χ4v) is 5.16. The minimum atomic E-state index is -0.453. The second-order valence-electron chi connectivity index (χ2n) is 7.42. The topological polar surface area (TPSA) is 79.4 Å². The smallest absolute Gasteiger partial charge is 0.293 e. The Balaban J connectivity index is 1.34. The van der Waals surface area contributed by atoms with Crippen molar-refractivity contribution in [3.63, 3.8) is 0 Å².